The molecule has 1 aliphatic heterocycles. The highest BCUT2D eigenvalue weighted by Crippen LogP contribution is 2.26. The summed E-state index contributed by atoms with van der Waals surface area (Å²) in [6.07, 6.45) is 2.29. The molecule has 0 unspecified atom stereocenters. The third-order valence-corrected chi connectivity index (χ3v) is 5.53. The van der Waals surface area contributed by atoms with Gasteiger partial charge in [-0.2, -0.15) is 0 Å². The molecule has 0 saturated carbocycles. The zero-order chi connectivity index (χ0) is 15.1. The summed E-state index contributed by atoms with van der Waals surface area (Å²) < 4.78 is 6.14. The fourth-order valence-electron chi connectivity index (χ4n) is 2.31. The molecule has 6 heteroatoms. The molecule has 1 heterocycles. The van der Waals surface area contributed by atoms with Crippen LogP contribution in [0.3, 0.4) is 0 Å². The van der Waals surface area contributed by atoms with Crippen molar-refractivity contribution in [3.05, 3.63) is 28.2 Å². The maximum atomic E-state index is 12.1. The van der Waals surface area contributed by atoms with Crippen molar-refractivity contribution in [3.8, 4) is 0 Å². The largest absolute Gasteiger partial charge is 0.380 e. The van der Waals surface area contributed by atoms with E-state index in [1.54, 1.807) is 18.9 Å². The first-order valence-corrected chi connectivity index (χ1v) is 8.93. The summed E-state index contributed by atoms with van der Waals surface area (Å²) >= 11 is 5.25. The van der Waals surface area contributed by atoms with Crippen molar-refractivity contribution in [2.45, 2.75) is 24.7 Å². The van der Waals surface area contributed by atoms with Gasteiger partial charge in [-0.15, -0.1) is 11.8 Å². The second-order valence-electron chi connectivity index (χ2n) is 5.01. The summed E-state index contributed by atoms with van der Waals surface area (Å²) in [6.45, 7) is 2.59. The highest BCUT2D eigenvalue weighted by molar-refractivity contribution is 9.10. The molecule has 0 spiro atoms. The Morgan fingerprint density at radius 2 is 2.24 bits per heavy atom. The number of benzene rings is 1. The van der Waals surface area contributed by atoms with E-state index in [-0.39, 0.29) is 5.91 Å². The number of halogens is 1. The lowest BCUT2D eigenvalue weighted by atomic mass is 10.2. The van der Waals surface area contributed by atoms with E-state index in [4.69, 9.17) is 4.74 Å². The summed E-state index contributed by atoms with van der Waals surface area (Å²) in [4.78, 5) is 12.1. The normalized spacial score (nSPS) is 15.9. The third-order valence-electron chi connectivity index (χ3n) is 3.42. The van der Waals surface area contributed by atoms with Crippen LogP contribution >= 0.6 is 27.7 Å². The van der Waals surface area contributed by atoms with Crippen LogP contribution in [-0.2, 0) is 16.1 Å². The zero-order valence-electron chi connectivity index (χ0n) is 12.2. The Kier molecular flexibility index (Phi) is 7.03. The van der Waals surface area contributed by atoms with Crippen LogP contribution in [0.2, 0.25) is 0 Å². The molecular formula is C15H21BrN2O2S. The number of nitrogens with one attached hydrogen (secondary N) is 2. The van der Waals surface area contributed by atoms with E-state index in [0.717, 1.165) is 41.7 Å². The summed E-state index contributed by atoms with van der Waals surface area (Å²) in [5.74, 6) is 0.554. The number of carbonyl (C=O) groups excluding carboxylic acids is 1. The standard InChI is InChI=1S/C15H21BrN2O2S/c1-20-9-12-13(16)3-2-4-14(12)18-15(19)10-21-11-5-7-17-8-6-11/h2-4,11,17H,5-10H2,1H3,(H,18,19). The number of thioether (sulfide) groups is 1. The van der Waals surface area contributed by atoms with Crippen molar-refractivity contribution < 1.29 is 9.53 Å². The Bertz CT molecular complexity index is 479. The average molecular weight is 373 g/mol. The van der Waals surface area contributed by atoms with Gasteiger partial charge in [-0.25, -0.2) is 0 Å². The number of piperidine rings is 1. The number of anilines is 1. The molecule has 1 saturated heterocycles. The number of hydrogen-bond donors (Lipinski definition) is 2. The van der Waals surface area contributed by atoms with Gasteiger partial charge in [-0.3, -0.25) is 4.79 Å². The lowest BCUT2D eigenvalue weighted by molar-refractivity contribution is -0.113. The van der Waals surface area contributed by atoms with E-state index in [9.17, 15) is 4.79 Å². The second-order valence-corrected chi connectivity index (χ2v) is 7.15. The molecule has 21 heavy (non-hydrogen) atoms. The molecule has 1 aliphatic rings. The first kappa shape index (κ1) is 16.8. The van der Waals surface area contributed by atoms with Gasteiger partial charge in [0.05, 0.1) is 12.4 Å². The molecule has 116 valence electrons. The molecule has 4 nitrogen and oxygen atoms in total. The topological polar surface area (TPSA) is 50.4 Å². The molecule has 1 aromatic carbocycles. The summed E-state index contributed by atoms with van der Waals surface area (Å²) in [5.41, 5.74) is 1.79. The molecule has 0 aromatic heterocycles. The number of rotatable bonds is 6. The van der Waals surface area contributed by atoms with Gasteiger partial charge >= 0.3 is 0 Å². The molecule has 1 amide bonds. The molecule has 2 N–H and O–H groups in total. The zero-order valence-corrected chi connectivity index (χ0v) is 14.6. The summed E-state index contributed by atoms with van der Waals surface area (Å²) in [7, 11) is 1.65. The van der Waals surface area contributed by atoms with Crippen LogP contribution in [0.4, 0.5) is 5.69 Å². The van der Waals surface area contributed by atoms with Crippen molar-refractivity contribution in [1.82, 2.24) is 5.32 Å². The minimum Gasteiger partial charge on any atom is -0.380 e. The van der Waals surface area contributed by atoms with Gasteiger partial charge in [0.15, 0.2) is 0 Å². The predicted octanol–water partition coefficient (Wildman–Crippen LogP) is 3.02. The smallest absolute Gasteiger partial charge is 0.234 e. The van der Waals surface area contributed by atoms with Gasteiger partial charge in [0, 0.05) is 28.1 Å². The van der Waals surface area contributed by atoms with E-state index in [1.807, 2.05) is 18.2 Å². The third kappa shape index (κ3) is 5.29. The highest BCUT2D eigenvalue weighted by Gasteiger charge is 2.16. The summed E-state index contributed by atoms with van der Waals surface area (Å²) in [5, 5.41) is 6.92. The molecule has 0 bridgehead atoms. The van der Waals surface area contributed by atoms with Crippen molar-refractivity contribution in [3.63, 3.8) is 0 Å². The van der Waals surface area contributed by atoms with Crippen LogP contribution in [0.25, 0.3) is 0 Å². The minimum absolute atomic E-state index is 0.0500. The van der Waals surface area contributed by atoms with E-state index in [0.29, 0.717) is 17.6 Å². The first-order valence-electron chi connectivity index (χ1n) is 7.09. The van der Waals surface area contributed by atoms with E-state index >= 15 is 0 Å². The molecule has 2 rings (SSSR count). The van der Waals surface area contributed by atoms with Gasteiger partial charge in [-0.1, -0.05) is 22.0 Å². The SMILES string of the molecule is COCc1c(Br)cccc1NC(=O)CSC1CCNCC1. The number of ether oxygens (including phenoxy) is 1. The number of hydrogen-bond acceptors (Lipinski definition) is 4. The maximum absolute atomic E-state index is 12.1. The van der Waals surface area contributed by atoms with Gasteiger partial charge in [0.1, 0.15) is 0 Å². The quantitative estimate of drug-likeness (QED) is 0.805. The first-order chi connectivity index (χ1) is 10.2. The number of methoxy groups -OCH3 is 1. The molecular weight excluding hydrogens is 352 g/mol. The molecule has 0 radical (unpaired) electrons. The van der Waals surface area contributed by atoms with Crippen LogP contribution in [0.15, 0.2) is 22.7 Å². The van der Waals surface area contributed by atoms with Crippen LogP contribution in [0.5, 0.6) is 0 Å². The van der Waals surface area contributed by atoms with Gasteiger partial charge in [0.2, 0.25) is 5.91 Å². The predicted molar refractivity (Wildman–Crippen MR) is 91.8 cm³/mol. The Balaban J connectivity index is 1.88. The monoisotopic (exact) mass is 372 g/mol. The average Bonchev–Trinajstić information content (AvgIpc) is 2.50. The van der Waals surface area contributed by atoms with Crippen molar-refractivity contribution >= 4 is 39.3 Å². The van der Waals surface area contributed by atoms with Crippen LogP contribution < -0.4 is 10.6 Å². The number of amides is 1. The van der Waals surface area contributed by atoms with Crippen molar-refractivity contribution in [2.75, 3.05) is 31.3 Å². The Morgan fingerprint density at radius 3 is 2.95 bits per heavy atom. The number of carbonyl (C=O) groups is 1. The fraction of sp³-hybridized carbons (Fsp3) is 0.533. The van der Waals surface area contributed by atoms with Crippen LogP contribution in [0.1, 0.15) is 18.4 Å². The fourth-order valence-corrected chi connectivity index (χ4v) is 3.82. The Hall–Kier alpha value is -0.560. The maximum Gasteiger partial charge on any atom is 0.234 e. The lowest BCUT2D eigenvalue weighted by Gasteiger charge is -2.21. The molecule has 1 aromatic rings. The Morgan fingerprint density at radius 1 is 1.48 bits per heavy atom. The van der Waals surface area contributed by atoms with Gasteiger partial charge in [0.25, 0.3) is 0 Å². The molecule has 1 fully saturated rings. The van der Waals surface area contributed by atoms with Crippen LogP contribution in [-0.4, -0.2) is 37.1 Å². The lowest BCUT2D eigenvalue weighted by Crippen LogP contribution is -2.30. The van der Waals surface area contributed by atoms with Gasteiger partial charge < -0.3 is 15.4 Å². The van der Waals surface area contributed by atoms with Crippen molar-refractivity contribution in [1.29, 1.82) is 0 Å². The van der Waals surface area contributed by atoms with Gasteiger partial charge in [-0.05, 0) is 38.1 Å². The van der Waals surface area contributed by atoms with E-state index in [1.165, 1.54) is 0 Å². The van der Waals surface area contributed by atoms with Crippen LogP contribution in [0, 0.1) is 0 Å². The van der Waals surface area contributed by atoms with E-state index in [2.05, 4.69) is 26.6 Å². The molecule has 0 atom stereocenters. The van der Waals surface area contributed by atoms with Crippen molar-refractivity contribution in [2.24, 2.45) is 0 Å². The molecule has 0 aliphatic carbocycles. The summed E-state index contributed by atoms with van der Waals surface area (Å²) in [6, 6.07) is 5.78. The minimum atomic E-state index is 0.0500. The van der Waals surface area contributed by atoms with E-state index < -0.39 is 0 Å². The second kappa shape index (κ2) is 8.78. The highest BCUT2D eigenvalue weighted by atomic mass is 79.9. The Labute approximate surface area is 138 Å².